The number of nitrogens with zero attached hydrogens (tertiary/aromatic N) is 3. The van der Waals surface area contributed by atoms with Crippen LogP contribution in [0.3, 0.4) is 0 Å². The summed E-state index contributed by atoms with van der Waals surface area (Å²) in [5.74, 6) is -0.201. The van der Waals surface area contributed by atoms with Crippen molar-refractivity contribution in [3.8, 4) is 5.69 Å². The summed E-state index contributed by atoms with van der Waals surface area (Å²) in [6.07, 6.45) is 2.17. The molecule has 0 unspecified atom stereocenters. The number of hydrogen-bond donors (Lipinski definition) is 1. The first kappa shape index (κ1) is 15.7. The first-order valence-electron chi connectivity index (χ1n) is 7.96. The largest absolute Gasteiger partial charge is 0.376 e. The lowest BCUT2D eigenvalue weighted by Crippen LogP contribution is -2.32. The summed E-state index contributed by atoms with van der Waals surface area (Å²) in [6, 6.07) is 6.08. The van der Waals surface area contributed by atoms with E-state index < -0.39 is 0 Å². The van der Waals surface area contributed by atoms with Crippen LogP contribution in [0.4, 0.5) is 0 Å². The molecule has 0 saturated carbocycles. The van der Waals surface area contributed by atoms with E-state index in [1.165, 1.54) is 11.1 Å². The second kappa shape index (κ2) is 6.50. The van der Waals surface area contributed by atoms with Gasteiger partial charge in [-0.1, -0.05) is 11.3 Å². The number of amides is 1. The number of nitrogens with one attached hydrogen (secondary N) is 1. The van der Waals surface area contributed by atoms with E-state index in [0.29, 0.717) is 12.2 Å². The highest BCUT2D eigenvalue weighted by Gasteiger charge is 2.20. The van der Waals surface area contributed by atoms with E-state index in [2.05, 4.69) is 29.5 Å². The van der Waals surface area contributed by atoms with Gasteiger partial charge in [0.15, 0.2) is 5.69 Å². The highest BCUT2D eigenvalue weighted by molar-refractivity contribution is 5.93. The molecule has 0 spiro atoms. The Hall–Kier alpha value is -2.21. The van der Waals surface area contributed by atoms with Crippen LogP contribution >= 0.6 is 0 Å². The molecule has 2 heterocycles. The molecule has 0 aliphatic carbocycles. The van der Waals surface area contributed by atoms with E-state index in [1.807, 2.05) is 25.1 Å². The molecule has 2 aromatic rings. The fourth-order valence-corrected chi connectivity index (χ4v) is 2.74. The lowest BCUT2D eigenvalue weighted by Gasteiger charge is -2.10. The van der Waals surface area contributed by atoms with Crippen LogP contribution in [0.5, 0.6) is 0 Å². The summed E-state index contributed by atoms with van der Waals surface area (Å²) in [5, 5.41) is 11.1. The number of aromatic nitrogens is 3. The van der Waals surface area contributed by atoms with Gasteiger partial charge in [-0.2, -0.15) is 0 Å². The Kier molecular flexibility index (Phi) is 4.43. The first-order valence-corrected chi connectivity index (χ1v) is 7.96. The second-order valence-electron chi connectivity index (χ2n) is 6.05. The Balaban J connectivity index is 1.75. The van der Waals surface area contributed by atoms with Crippen LogP contribution in [0.15, 0.2) is 18.2 Å². The minimum absolute atomic E-state index is 0.119. The van der Waals surface area contributed by atoms with Gasteiger partial charge in [-0.3, -0.25) is 4.79 Å². The number of carbonyl (C=O) groups excluding carboxylic acids is 1. The number of carbonyl (C=O) groups is 1. The normalized spacial score (nSPS) is 17.4. The minimum atomic E-state index is -0.201. The molecule has 1 atom stereocenters. The quantitative estimate of drug-likeness (QED) is 0.938. The zero-order chi connectivity index (χ0) is 16.4. The van der Waals surface area contributed by atoms with Gasteiger partial charge in [-0.25, -0.2) is 4.68 Å². The molecule has 1 fully saturated rings. The predicted octanol–water partition coefficient (Wildman–Crippen LogP) is 2.10. The van der Waals surface area contributed by atoms with E-state index >= 15 is 0 Å². The average molecular weight is 314 g/mol. The molecule has 122 valence electrons. The summed E-state index contributed by atoms with van der Waals surface area (Å²) in [4.78, 5) is 12.3. The van der Waals surface area contributed by atoms with Crippen molar-refractivity contribution in [1.29, 1.82) is 0 Å². The highest BCUT2D eigenvalue weighted by Crippen LogP contribution is 2.16. The molecule has 6 nitrogen and oxygen atoms in total. The van der Waals surface area contributed by atoms with Gasteiger partial charge in [0.25, 0.3) is 5.91 Å². The van der Waals surface area contributed by atoms with Crippen molar-refractivity contribution >= 4 is 5.91 Å². The smallest absolute Gasteiger partial charge is 0.273 e. The fourth-order valence-electron chi connectivity index (χ4n) is 2.74. The number of hydrogen-bond acceptors (Lipinski definition) is 4. The summed E-state index contributed by atoms with van der Waals surface area (Å²) in [7, 11) is 0. The average Bonchev–Trinajstić information content (AvgIpc) is 3.17. The van der Waals surface area contributed by atoms with Gasteiger partial charge < -0.3 is 10.1 Å². The van der Waals surface area contributed by atoms with Gasteiger partial charge in [0, 0.05) is 13.2 Å². The molecule has 0 radical (unpaired) electrons. The van der Waals surface area contributed by atoms with Crippen molar-refractivity contribution in [3.63, 3.8) is 0 Å². The van der Waals surface area contributed by atoms with Gasteiger partial charge in [-0.15, -0.1) is 5.10 Å². The lowest BCUT2D eigenvalue weighted by atomic mass is 10.1. The van der Waals surface area contributed by atoms with Crippen LogP contribution in [0, 0.1) is 20.8 Å². The summed E-state index contributed by atoms with van der Waals surface area (Å²) in [5.41, 5.74) is 4.42. The van der Waals surface area contributed by atoms with E-state index in [9.17, 15) is 4.79 Å². The van der Waals surface area contributed by atoms with E-state index in [0.717, 1.165) is 30.8 Å². The third-order valence-electron chi connectivity index (χ3n) is 4.36. The monoisotopic (exact) mass is 314 g/mol. The molecular formula is C17H22N4O2. The van der Waals surface area contributed by atoms with Crippen molar-refractivity contribution in [1.82, 2.24) is 20.3 Å². The Morgan fingerprint density at radius 1 is 1.35 bits per heavy atom. The van der Waals surface area contributed by atoms with Crippen LogP contribution in [0.2, 0.25) is 0 Å². The van der Waals surface area contributed by atoms with E-state index in [-0.39, 0.29) is 12.0 Å². The number of aryl methyl sites for hydroxylation is 2. The summed E-state index contributed by atoms with van der Waals surface area (Å²) < 4.78 is 7.21. The fraction of sp³-hybridized carbons (Fsp3) is 0.471. The van der Waals surface area contributed by atoms with Crippen LogP contribution in [0.25, 0.3) is 5.69 Å². The third-order valence-corrected chi connectivity index (χ3v) is 4.36. The molecule has 23 heavy (non-hydrogen) atoms. The summed E-state index contributed by atoms with van der Waals surface area (Å²) >= 11 is 0. The van der Waals surface area contributed by atoms with Crippen LogP contribution in [0.1, 0.15) is 40.2 Å². The van der Waals surface area contributed by atoms with Gasteiger partial charge >= 0.3 is 0 Å². The Bertz CT molecular complexity index is 717. The zero-order valence-electron chi connectivity index (χ0n) is 13.8. The van der Waals surface area contributed by atoms with Crippen LogP contribution < -0.4 is 5.32 Å². The Morgan fingerprint density at radius 3 is 2.87 bits per heavy atom. The number of ether oxygens (including phenoxy) is 1. The molecule has 1 saturated heterocycles. The standard InChI is InChI=1S/C17H22N4O2/c1-11-6-7-14(9-12(11)2)21-13(3)16(19-20-21)17(22)18-10-15-5-4-8-23-15/h6-7,9,15H,4-5,8,10H2,1-3H3,(H,18,22)/t15-/m1/s1. The lowest BCUT2D eigenvalue weighted by molar-refractivity contribution is 0.0853. The molecule has 3 rings (SSSR count). The maximum atomic E-state index is 12.3. The van der Waals surface area contributed by atoms with Crippen LogP contribution in [-0.4, -0.2) is 40.2 Å². The van der Waals surface area contributed by atoms with Crippen LogP contribution in [-0.2, 0) is 4.74 Å². The second-order valence-corrected chi connectivity index (χ2v) is 6.05. The number of rotatable bonds is 4. The maximum absolute atomic E-state index is 12.3. The van der Waals surface area contributed by atoms with Gasteiger partial charge in [-0.05, 0) is 56.9 Å². The molecule has 1 aliphatic heterocycles. The van der Waals surface area contributed by atoms with E-state index in [4.69, 9.17) is 4.74 Å². The Labute approximate surface area is 135 Å². The first-order chi connectivity index (χ1) is 11.1. The highest BCUT2D eigenvalue weighted by atomic mass is 16.5. The van der Waals surface area contributed by atoms with Crippen molar-refractivity contribution in [2.75, 3.05) is 13.2 Å². The number of benzene rings is 1. The molecule has 6 heteroatoms. The SMILES string of the molecule is Cc1ccc(-n2nnc(C(=O)NC[C@H]3CCCO3)c2C)cc1C. The topological polar surface area (TPSA) is 69.0 Å². The molecule has 1 aromatic carbocycles. The van der Waals surface area contributed by atoms with Gasteiger partial charge in [0.1, 0.15) is 0 Å². The molecular weight excluding hydrogens is 292 g/mol. The maximum Gasteiger partial charge on any atom is 0.273 e. The molecule has 1 amide bonds. The zero-order valence-corrected chi connectivity index (χ0v) is 13.8. The van der Waals surface area contributed by atoms with Gasteiger partial charge in [0.2, 0.25) is 0 Å². The molecule has 1 aromatic heterocycles. The molecule has 1 N–H and O–H groups in total. The van der Waals surface area contributed by atoms with Crippen molar-refractivity contribution < 1.29 is 9.53 Å². The predicted molar refractivity (Wildman–Crippen MR) is 86.9 cm³/mol. The minimum Gasteiger partial charge on any atom is -0.376 e. The van der Waals surface area contributed by atoms with Gasteiger partial charge in [0.05, 0.1) is 17.5 Å². The van der Waals surface area contributed by atoms with E-state index in [1.54, 1.807) is 4.68 Å². The third kappa shape index (κ3) is 3.27. The van der Waals surface area contributed by atoms with Crippen molar-refractivity contribution in [2.45, 2.75) is 39.7 Å². The molecule has 0 bridgehead atoms. The Morgan fingerprint density at radius 2 is 2.17 bits per heavy atom. The van der Waals surface area contributed by atoms with Crippen molar-refractivity contribution in [2.24, 2.45) is 0 Å². The summed E-state index contributed by atoms with van der Waals surface area (Å²) in [6.45, 7) is 7.28. The van der Waals surface area contributed by atoms with Crippen molar-refractivity contribution in [3.05, 3.63) is 40.7 Å². The molecule has 1 aliphatic rings.